The zero-order chi connectivity index (χ0) is 14.0. The van der Waals surface area contributed by atoms with E-state index in [-0.39, 0.29) is 23.6 Å². The van der Waals surface area contributed by atoms with Crippen molar-refractivity contribution in [2.75, 3.05) is 13.7 Å². The Hall–Kier alpha value is -1.29. The second-order valence-electron chi connectivity index (χ2n) is 4.95. The molecule has 1 unspecified atom stereocenters. The molecule has 1 aliphatic carbocycles. The molecule has 3 nitrogen and oxygen atoms in total. The van der Waals surface area contributed by atoms with E-state index >= 15 is 0 Å². The Morgan fingerprint density at radius 3 is 2.84 bits per heavy atom. The number of nitrogens with zero attached hydrogens (tertiary/aromatic N) is 1. The highest BCUT2D eigenvalue weighted by Gasteiger charge is 2.32. The van der Waals surface area contributed by atoms with Crippen LogP contribution in [0.4, 0.5) is 4.39 Å². The summed E-state index contributed by atoms with van der Waals surface area (Å²) < 4.78 is 18.3. The van der Waals surface area contributed by atoms with Gasteiger partial charge < -0.3 is 9.64 Å². The number of hydrogen-bond donors (Lipinski definition) is 0. The minimum atomic E-state index is -0.500. The lowest BCUT2D eigenvalue weighted by molar-refractivity contribution is -0.134. The van der Waals surface area contributed by atoms with Crippen molar-refractivity contribution in [1.82, 2.24) is 4.90 Å². The fourth-order valence-corrected chi connectivity index (χ4v) is 2.11. The van der Waals surface area contributed by atoms with Crippen LogP contribution in [0.15, 0.2) is 18.2 Å². The maximum atomic E-state index is 13.0. The number of carbonyl (C=O) groups is 1. The highest BCUT2D eigenvalue weighted by Crippen LogP contribution is 2.34. The lowest BCUT2D eigenvalue weighted by atomic mass is 10.2. The van der Waals surface area contributed by atoms with E-state index in [1.807, 2.05) is 6.92 Å². The van der Waals surface area contributed by atoms with Gasteiger partial charge in [0.15, 0.2) is 6.61 Å². The molecular formula is C14H17ClFNO2. The standard InChI is InChI=1S/C14H17ClFNO2/c1-9(10-3-4-10)17(2)14(18)8-19-11-5-6-13(16)12(15)7-11/h5-7,9-10H,3-4,8H2,1-2H3. The smallest absolute Gasteiger partial charge is 0.260 e. The van der Waals surface area contributed by atoms with Crippen molar-refractivity contribution < 1.29 is 13.9 Å². The zero-order valence-corrected chi connectivity index (χ0v) is 11.8. The van der Waals surface area contributed by atoms with Gasteiger partial charge in [-0.3, -0.25) is 4.79 Å². The molecule has 1 aromatic rings. The number of likely N-dealkylation sites (N-methyl/N-ethyl adjacent to an activating group) is 1. The molecule has 0 heterocycles. The predicted octanol–water partition coefficient (Wildman–Crippen LogP) is 3.11. The Morgan fingerprint density at radius 1 is 1.58 bits per heavy atom. The van der Waals surface area contributed by atoms with E-state index in [4.69, 9.17) is 16.3 Å². The van der Waals surface area contributed by atoms with Crippen LogP contribution in [0.3, 0.4) is 0 Å². The third kappa shape index (κ3) is 3.60. The largest absolute Gasteiger partial charge is 0.484 e. The summed E-state index contributed by atoms with van der Waals surface area (Å²) in [6.45, 7) is 1.99. The Balaban J connectivity index is 1.86. The fraction of sp³-hybridized carbons (Fsp3) is 0.500. The molecule has 1 fully saturated rings. The van der Waals surface area contributed by atoms with Crippen LogP contribution in [0.1, 0.15) is 19.8 Å². The van der Waals surface area contributed by atoms with Gasteiger partial charge >= 0.3 is 0 Å². The molecule has 1 amide bonds. The van der Waals surface area contributed by atoms with Crippen LogP contribution >= 0.6 is 11.6 Å². The van der Waals surface area contributed by atoms with E-state index < -0.39 is 5.82 Å². The summed E-state index contributed by atoms with van der Waals surface area (Å²) in [7, 11) is 1.78. The fourth-order valence-electron chi connectivity index (χ4n) is 1.94. The summed E-state index contributed by atoms with van der Waals surface area (Å²) in [6, 6.07) is 4.29. The van der Waals surface area contributed by atoms with Gasteiger partial charge in [0.1, 0.15) is 11.6 Å². The molecular weight excluding hydrogens is 269 g/mol. The molecule has 0 saturated heterocycles. The molecule has 0 spiro atoms. The zero-order valence-electron chi connectivity index (χ0n) is 11.0. The number of rotatable bonds is 5. The molecule has 0 N–H and O–H groups in total. The van der Waals surface area contributed by atoms with Crippen molar-refractivity contribution in [3.05, 3.63) is 29.0 Å². The van der Waals surface area contributed by atoms with Gasteiger partial charge in [0, 0.05) is 19.2 Å². The van der Waals surface area contributed by atoms with Gasteiger partial charge in [-0.15, -0.1) is 0 Å². The van der Waals surface area contributed by atoms with Crippen molar-refractivity contribution in [3.8, 4) is 5.75 Å². The summed E-state index contributed by atoms with van der Waals surface area (Å²) in [5.41, 5.74) is 0. The first-order valence-corrected chi connectivity index (χ1v) is 6.70. The maximum Gasteiger partial charge on any atom is 0.260 e. The summed E-state index contributed by atoms with van der Waals surface area (Å²) in [5, 5.41) is -0.00958. The molecule has 5 heteroatoms. The van der Waals surface area contributed by atoms with Crippen LogP contribution < -0.4 is 4.74 Å². The number of ether oxygens (including phenoxy) is 1. The molecule has 2 rings (SSSR count). The highest BCUT2D eigenvalue weighted by molar-refractivity contribution is 6.30. The first kappa shape index (κ1) is 14.1. The summed E-state index contributed by atoms with van der Waals surface area (Å²) in [5.74, 6) is 0.432. The van der Waals surface area contributed by atoms with E-state index in [1.165, 1.54) is 31.0 Å². The van der Waals surface area contributed by atoms with Gasteiger partial charge in [0.25, 0.3) is 5.91 Å². The van der Waals surface area contributed by atoms with Gasteiger partial charge in [-0.2, -0.15) is 0 Å². The molecule has 0 radical (unpaired) electrons. The van der Waals surface area contributed by atoms with Crippen LogP contribution in [0.25, 0.3) is 0 Å². The average Bonchev–Trinajstić information content (AvgIpc) is 3.22. The predicted molar refractivity (Wildman–Crippen MR) is 71.9 cm³/mol. The van der Waals surface area contributed by atoms with Crippen molar-refractivity contribution >= 4 is 17.5 Å². The second kappa shape index (κ2) is 5.78. The molecule has 0 bridgehead atoms. The number of halogens is 2. The van der Waals surface area contributed by atoms with Crippen LogP contribution in [-0.2, 0) is 4.79 Å². The third-order valence-corrected chi connectivity index (χ3v) is 3.85. The number of hydrogen-bond acceptors (Lipinski definition) is 2. The summed E-state index contributed by atoms with van der Waals surface area (Å²) in [4.78, 5) is 13.6. The average molecular weight is 286 g/mol. The topological polar surface area (TPSA) is 29.5 Å². The Morgan fingerprint density at radius 2 is 2.26 bits per heavy atom. The quantitative estimate of drug-likeness (QED) is 0.832. The molecule has 0 aromatic heterocycles. The summed E-state index contributed by atoms with van der Waals surface area (Å²) >= 11 is 5.64. The van der Waals surface area contributed by atoms with Gasteiger partial charge in [0.05, 0.1) is 5.02 Å². The maximum absolute atomic E-state index is 13.0. The van der Waals surface area contributed by atoms with Gasteiger partial charge in [-0.05, 0) is 37.8 Å². The third-order valence-electron chi connectivity index (χ3n) is 3.56. The summed E-state index contributed by atoms with van der Waals surface area (Å²) in [6.07, 6.45) is 2.38. The van der Waals surface area contributed by atoms with Crippen LogP contribution in [0, 0.1) is 11.7 Å². The monoisotopic (exact) mass is 285 g/mol. The van der Waals surface area contributed by atoms with Crippen molar-refractivity contribution in [2.45, 2.75) is 25.8 Å². The normalized spacial score (nSPS) is 16.0. The molecule has 1 saturated carbocycles. The lowest BCUT2D eigenvalue weighted by Crippen LogP contribution is -2.39. The van der Waals surface area contributed by atoms with Gasteiger partial charge in [0.2, 0.25) is 0 Å². The molecule has 1 atom stereocenters. The number of amides is 1. The van der Waals surface area contributed by atoms with E-state index in [0.717, 1.165) is 0 Å². The van der Waals surface area contributed by atoms with E-state index in [0.29, 0.717) is 11.7 Å². The van der Waals surface area contributed by atoms with Crippen LogP contribution in [0.2, 0.25) is 5.02 Å². The molecule has 1 aromatic carbocycles. The number of carbonyl (C=O) groups excluding carboxylic acids is 1. The Labute approximate surface area is 117 Å². The number of benzene rings is 1. The Kier molecular flexibility index (Phi) is 4.30. The molecule has 19 heavy (non-hydrogen) atoms. The molecule has 0 aliphatic heterocycles. The minimum absolute atomic E-state index is 0.00958. The first-order chi connectivity index (χ1) is 8.99. The van der Waals surface area contributed by atoms with Crippen molar-refractivity contribution in [2.24, 2.45) is 5.92 Å². The van der Waals surface area contributed by atoms with E-state index in [9.17, 15) is 9.18 Å². The second-order valence-corrected chi connectivity index (χ2v) is 5.35. The van der Waals surface area contributed by atoms with Crippen molar-refractivity contribution in [1.29, 1.82) is 0 Å². The van der Waals surface area contributed by atoms with Gasteiger partial charge in [-0.25, -0.2) is 4.39 Å². The Bertz CT molecular complexity index is 477. The van der Waals surface area contributed by atoms with Crippen molar-refractivity contribution in [3.63, 3.8) is 0 Å². The van der Waals surface area contributed by atoms with Gasteiger partial charge in [-0.1, -0.05) is 11.6 Å². The highest BCUT2D eigenvalue weighted by atomic mass is 35.5. The molecule has 104 valence electrons. The van der Waals surface area contributed by atoms with Crippen LogP contribution in [0.5, 0.6) is 5.75 Å². The van der Waals surface area contributed by atoms with Crippen LogP contribution in [-0.4, -0.2) is 30.5 Å². The van der Waals surface area contributed by atoms with E-state index in [1.54, 1.807) is 11.9 Å². The van der Waals surface area contributed by atoms with E-state index in [2.05, 4.69) is 0 Å². The first-order valence-electron chi connectivity index (χ1n) is 6.32. The SMILES string of the molecule is CC(C1CC1)N(C)C(=O)COc1ccc(F)c(Cl)c1. The molecule has 1 aliphatic rings. The minimum Gasteiger partial charge on any atom is -0.484 e. The lowest BCUT2D eigenvalue weighted by Gasteiger charge is -2.24.